The average molecular weight is 873 g/mol. The van der Waals surface area contributed by atoms with E-state index in [4.69, 9.17) is 4.74 Å². The summed E-state index contributed by atoms with van der Waals surface area (Å²) in [5.41, 5.74) is 0. The average Bonchev–Trinajstić information content (AvgIpc) is 2.15. The molecule has 0 spiro atoms. The molecule has 1 fully saturated rings. The second kappa shape index (κ2) is 15.6. The van der Waals surface area contributed by atoms with E-state index in [1.807, 2.05) is 13.8 Å². The number of aliphatic hydroxyl groups excluding tert-OH is 3. The van der Waals surface area contributed by atoms with Gasteiger partial charge in [0.05, 0.1) is 12.2 Å². The maximum atomic E-state index is 9.21. The van der Waals surface area contributed by atoms with Crippen molar-refractivity contribution in [2.75, 3.05) is 0 Å². The Balaban J connectivity index is -0.000000136. The standard InChI is InChI=1S/C7H14O4.C2H6.3Ac/c1-3-5(8)7(10)6(9)4(2)11-3;1-2;;;/h3-10H,1-2H3;1-2H3;;;/t3-,4?,5?,6?,7?;;;;/m1..../s1. The monoisotopic (exact) mass is 873 g/mol. The normalized spacial score (nSPS) is 36.6. The van der Waals surface area contributed by atoms with Crippen molar-refractivity contribution in [3.8, 4) is 0 Å². The fourth-order valence-electron chi connectivity index (χ4n) is 1.26. The molecule has 7 heteroatoms. The van der Waals surface area contributed by atoms with E-state index in [-0.39, 0.29) is 132 Å². The van der Waals surface area contributed by atoms with Gasteiger partial charge in [-0.25, -0.2) is 0 Å². The Labute approximate surface area is 205 Å². The summed E-state index contributed by atoms with van der Waals surface area (Å²) in [7, 11) is 0. The minimum Gasteiger partial charge on any atom is -0.388 e. The van der Waals surface area contributed by atoms with Gasteiger partial charge in [0.2, 0.25) is 0 Å². The zero-order chi connectivity index (χ0) is 10.6. The van der Waals surface area contributed by atoms with Gasteiger partial charge in [-0.05, 0) is 13.8 Å². The second-order valence-corrected chi connectivity index (χ2v) is 3.02. The smallest absolute Gasteiger partial charge is 0.111 e. The molecule has 3 radical (unpaired) electrons. The van der Waals surface area contributed by atoms with Crippen LogP contribution in [0.1, 0.15) is 27.7 Å². The molecule has 1 aliphatic rings. The topological polar surface area (TPSA) is 69.9 Å². The van der Waals surface area contributed by atoms with Crippen molar-refractivity contribution in [3.05, 3.63) is 0 Å². The molecule has 1 saturated heterocycles. The SMILES string of the molecule is CC.CC1O[C@H](C)C(O)C(O)C1O.[Ac].[Ac].[Ac]. The molecule has 0 aromatic carbocycles. The molecule has 0 saturated carbocycles. The van der Waals surface area contributed by atoms with Crippen LogP contribution >= 0.6 is 0 Å². The minimum absolute atomic E-state index is 0. The number of rotatable bonds is 0. The molecule has 1 aliphatic heterocycles. The summed E-state index contributed by atoms with van der Waals surface area (Å²) in [5, 5.41) is 27.6. The largest absolute Gasteiger partial charge is 0.388 e. The fraction of sp³-hybridized carbons (Fsp3) is 1.00. The van der Waals surface area contributed by atoms with Crippen molar-refractivity contribution in [2.24, 2.45) is 0 Å². The molecule has 1 heterocycles. The zero-order valence-electron chi connectivity index (χ0n) is 10.4. The Bertz CT molecular complexity index is 137. The van der Waals surface area contributed by atoms with E-state index in [2.05, 4.69) is 0 Å². The Morgan fingerprint density at radius 3 is 1.19 bits per heavy atom. The van der Waals surface area contributed by atoms with Crippen LogP contribution in [-0.4, -0.2) is 45.8 Å². The van der Waals surface area contributed by atoms with Crippen LogP contribution in [0.15, 0.2) is 0 Å². The van der Waals surface area contributed by atoms with Crippen LogP contribution in [0.3, 0.4) is 0 Å². The number of hydrogen-bond acceptors (Lipinski definition) is 4. The molecule has 4 nitrogen and oxygen atoms in total. The van der Waals surface area contributed by atoms with Gasteiger partial charge in [-0.15, -0.1) is 0 Å². The van der Waals surface area contributed by atoms with E-state index >= 15 is 0 Å². The summed E-state index contributed by atoms with van der Waals surface area (Å²) >= 11 is 0. The molecular formula is C9H20Ac3O4. The Kier molecular flexibility index (Phi) is 27.5. The van der Waals surface area contributed by atoms with E-state index in [1.54, 1.807) is 13.8 Å². The first-order chi connectivity index (χ1) is 6.04. The van der Waals surface area contributed by atoms with Gasteiger partial charge in [0.1, 0.15) is 18.3 Å². The van der Waals surface area contributed by atoms with E-state index in [1.165, 1.54) is 0 Å². The molecule has 4 unspecified atom stereocenters. The van der Waals surface area contributed by atoms with Crippen LogP contribution in [0.5, 0.6) is 0 Å². The molecule has 0 aliphatic carbocycles. The van der Waals surface area contributed by atoms with Crippen molar-refractivity contribution in [2.45, 2.75) is 58.2 Å². The Hall–Kier alpha value is 4.16. The van der Waals surface area contributed by atoms with Crippen molar-refractivity contribution >= 4 is 0 Å². The molecule has 89 valence electrons. The van der Waals surface area contributed by atoms with Gasteiger partial charge in [-0.2, -0.15) is 0 Å². The third kappa shape index (κ3) is 9.17. The summed E-state index contributed by atoms with van der Waals surface area (Å²) in [4.78, 5) is 0. The zero-order valence-corrected chi connectivity index (χ0v) is 24.6. The van der Waals surface area contributed by atoms with Gasteiger partial charge in [0.25, 0.3) is 0 Å². The molecule has 1 rings (SSSR count). The van der Waals surface area contributed by atoms with Crippen LogP contribution in [0.4, 0.5) is 0 Å². The third-order valence-corrected chi connectivity index (χ3v) is 2.09. The first-order valence-corrected chi connectivity index (χ1v) is 4.73. The molecule has 3 N–H and O–H groups in total. The molecule has 5 atom stereocenters. The van der Waals surface area contributed by atoms with Crippen molar-refractivity contribution in [1.82, 2.24) is 0 Å². The minimum atomic E-state index is -1.09. The number of hydrogen-bond donors (Lipinski definition) is 3. The fourth-order valence-corrected chi connectivity index (χ4v) is 1.26. The van der Waals surface area contributed by atoms with Crippen molar-refractivity contribution < 1.29 is 152 Å². The van der Waals surface area contributed by atoms with Crippen LogP contribution in [0.2, 0.25) is 0 Å². The molecule has 0 aromatic rings. The van der Waals surface area contributed by atoms with Crippen LogP contribution in [0.25, 0.3) is 0 Å². The van der Waals surface area contributed by atoms with Gasteiger partial charge in [0.15, 0.2) is 0 Å². The number of ether oxygens (including phenoxy) is 1. The van der Waals surface area contributed by atoms with Gasteiger partial charge in [-0.3, -0.25) is 0 Å². The van der Waals surface area contributed by atoms with Gasteiger partial charge >= 0.3 is 0 Å². The van der Waals surface area contributed by atoms with E-state index in [9.17, 15) is 15.3 Å². The predicted octanol–water partition coefficient (Wildman–Crippen LogP) is -0.0975. The van der Waals surface area contributed by atoms with E-state index in [0.29, 0.717) is 0 Å². The summed E-state index contributed by atoms with van der Waals surface area (Å²) < 4.78 is 5.12. The second-order valence-electron chi connectivity index (χ2n) is 3.02. The van der Waals surface area contributed by atoms with Crippen molar-refractivity contribution in [3.63, 3.8) is 0 Å². The molecule has 0 amide bonds. The van der Waals surface area contributed by atoms with E-state index < -0.39 is 30.5 Å². The third-order valence-electron chi connectivity index (χ3n) is 2.09. The first kappa shape index (κ1) is 28.3. The quantitative estimate of drug-likeness (QED) is 0.319. The first-order valence-electron chi connectivity index (χ1n) is 4.73. The number of aliphatic hydroxyl groups is 3. The maximum absolute atomic E-state index is 9.21. The summed E-state index contributed by atoms with van der Waals surface area (Å²) in [6.07, 6.45) is -3.89. The van der Waals surface area contributed by atoms with Crippen LogP contribution in [-0.2, 0) is 4.74 Å². The summed E-state index contributed by atoms with van der Waals surface area (Å²) in [6.45, 7) is 7.33. The summed E-state index contributed by atoms with van der Waals surface area (Å²) in [6, 6.07) is 0. The Morgan fingerprint density at radius 2 is 0.938 bits per heavy atom. The predicted molar refractivity (Wildman–Crippen MR) is 49.4 cm³/mol. The maximum Gasteiger partial charge on any atom is 0.111 e. The van der Waals surface area contributed by atoms with Gasteiger partial charge in [0, 0.05) is 132 Å². The summed E-state index contributed by atoms with van der Waals surface area (Å²) in [5.74, 6) is 0. The van der Waals surface area contributed by atoms with Gasteiger partial charge < -0.3 is 20.1 Å². The van der Waals surface area contributed by atoms with E-state index in [0.717, 1.165) is 0 Å². The molecular weight excluding hydrogens is 853 g/mol. The molecule has 16 heavy (non-hydrogen) atoms. The molecule has 0 bridgehead atoms. The van der Waals surface area contributed by atoms with Crippen LogP contribution < -0.4 is 0 Å². The molecule has 0 aromatic heterocycles. The van der Waals surface area contributed by atoms with Crippen LogP contribution in [0, 0.1) is 132 Å². The Morgan fingerprint density at radius 1 is 0.688 bits per heavy atom. The van der Waals surface area contributed by atoms with Crippen molar-refractivity contribution in [1.29, 1.82) is 0 Å². The van der Waals surface area contributed by atoms with Gasteiger partial charge in [-0.1, -0.05) is 13.8 Å².